The number of nitrogens with zero attached hydrogens (tertiary/aromatic N) is 6. The molecule has 0 spiro atoms. The average Bonchev–Trinajstić information content (AvgIpc) is 3.16. The van der Waals surface area contributed by atoms with Crippen LogP contribution in [0.15, 0.2) is 16.5 Å². The number of piperidine rings is 1. The first kappa shape index (κ1) is 17.7. The second kappa shape index (κ2) is 6.50. The molecular formula is C17H19F3N6O. The lowest BCUT2D eigenvalue weighted by Crippen LogP contribution is -2.34. The van der Waals surface area contributed by atoms with Gasteiger partial charge in [-0.25, -0.2) is 14.6 Å². The van der Waals surface area contributed by atoms with Crippen molar-refractivity contribution in [1.29, 1.82) is 0 Å². The quantitative estimate of drug-likeness (QED) is 0.694. The van der Waals surface area contributed by atoms with Crippen LogP contribution in [-0.4, -0.2) is 44.0 Å². The maximum absolute atomic E-state index is 12.8. The Labute approximate surface area is 153 Å². The van der Waals surface area contributed by atoms with E-state index in [2.05, 4.69) is 20.1 Å². The molecule has 7 nitrogen and oxygen atoms in total. The van der Waals surface area contributed by atoms with Gasteiger partial charge in [-0.15, -0.1) is 0 Å². The zero-order valence-corrected chi connectivity index (χ0v) is 15.0. The van der Waals surface area contributed by atoms with Gasteiger partial charge in [0.1, 0.15) is 18.2 Å². The van der Waals surface area contributed by atoms with E-state index in [0.717, 1.165) is 10.4 Å². The number of fused-ring (bicyclic) bond motifs is 1. The Balaban J connectivity index is 1.49. The largest absolute Gasteiger partial charge is 0.422 e. The Morgan fingerprint density at radius 1 is 1.11 bits per heavy atom. The van der Waals surface area contributed by atoms with Crippen molar-refractivity contribution in [3.05, 3.63) is 29.5 Å². The molecule has 3 aromatic heterocycles. The molecular weight excluding hydrogens is 361 g/mol. The van der Waals surface area contributed by atoms with Crippen LogP contribution in [-0.2, 0) is 6.54 Å². The average molecular weight is 380 g/mol. The molecule has 4 heterocycles. The zero-order valence-electron chi connectivity index (χ0n) is 15.0. The van der Waals surface area contributed by atoms with Crippen LogP contribution < -0.4 is 4.90 Å². The summed E-state index contributed by atoms with van der Waals surface area (Å²) in [5.41, 5.74) is 2.05. The zero-order chi connectivity index (χ0) is 19.2. The number of aromatic nitrogens is 5. The molecule has 0 bridgehead atoms. The maximum Gasteiger partial charge on any atom is 0.408 e. The van der Waals surface area contributed by atoms with Gasteiger partial charge in [0.05, 0.1) is 0 Å². The van der Waals surface area contributed by atoms with Gasteiger partial charge in [0.2, 0.25) is 5.65 Å². The topological polar surface area (TPSA) is 72.9 Å². The summed E-state index contributed by atoms with van der Waals surface area (Å²) in [5.74, 6) is 0.686. The van der Waals surface area contributed by atoms with E-state index in [1.54, 1.807) is 6.92 Å². The van der Waals surface area contributed by atoms with Crippen molar-refractivity contribution in [1.82, 2.24) is 24.7 Å². The van der Waals surface area contributed by atoms with Crippen LogP contribution in [0.25, 0.3) is 11.2 Å². The van der Waals surface area contributed by atoms with Crippen LogP contribution in [0.5, 0.6) is 0 Å². The van der Waals surface area contributed by atoms with Crippen LogP contribution in [0.2, 0.25) is 0 Å². The van der Waals surface area contributed by atoms with E-state index in [4.69, 9.17) is 4.42 Å². The molecule has 0 radical (unpaired) electrons. The Morgan fingerprint density at radius 3 is 2.56 bits per heavy atom. The smallest absolute Gasteiger partial charge is 0.408 e. The van der Waals surface area contributed by atoms with Gasteiger partial charge in [-0.05, 0) is 38.8 Å². The lowest BCUT2D eigenvalue weighted by molar-refractivity contribution is -0.143. The highest BCUT2D eigenvalue weighted by atomic mass is 19.4. The molecule has 144 valence electrons. The summed E-state index contributed by atoms with van der Waals surface area (Å²) in [6.45, 7) is 3.62. The van der Waals surface area contributed by atoms with Crippen LogP contribution in [0, 0.1) is 13.8 Å². The monoisotopic (exact) mass is 380 g/mol. The van der Waals surface area contributed by atoms with Crippen LogP contribution in [0.3, 0.4) is 0 Å². The summed E-state index contributed by atoms with van der Waals surface area (Å²) < 4.78 is 45.1. The molecule has 0 aliphatic carbocycles. The first-order valence-corrected chi connectivity index (χ1v) is 8.76. The molecule has 0 N–H and O–H groups in total. The maximum atomic E-state index is 12.8. The summed E-state index contributed by atoms with van der Waals surface area (Å²) >= 11 is 0. The van der Waals surface area contributed by atoms with E-state index in [1.165, 1.54) is 0 Å². The third-order valence-corrected chi connectivity index (χ3v) is 4.65. The van der Waals surface area contributed by atoms with Crippen molar-refractivity contribution in [2.24, 2.45) is 0 Å². The van der Waals surface area contributed by atoms with E-state index in [0.29, 0.717) is 54.8 Å². The van der Waals surface area contributed by atoms with Crippen molar-refractivity contribution < 1.29 is 17.6 Å². The molecule has 0 amide bonds. The molecule has 1 fully saturated rings. The van der Waals surface area contributed by atoms with E-state index >= 15 is 0 Å². The number of halogens is 3. The van der Waals surface area contributed by atoms with Crippen molar-refractivity contribution in [3.8, 4) is 0 Å². The first-order chi connectivity index (χ1) is 12.8. The van der Waals surface area contributed by atoms with Crippen LogP contribution in [0.1, 0.15) is 36.1 Å². The molecule has 1 aliphatic heterocycles. The number of hydrogen-bond donors (Lipinski definition) is 0. The molecule has 0 saturated carbocycles. The van der Waals surface area contributed by atoms with Gasteiger partial charge in [-0.3, -0.25) is 0 Å². The molecule has 1 saturated heterocycles. The number of pyridine rings is 1. The molecule has 0 unspecified atom stereocenters. The van der Waals surface area contributed by atoms with E-state index in [9.17, 15) is 13.2 Å². The lowest BCUT2D eigenvalue weighted by Gasteiger charge is -2.30. The Hall–Kier alpha value is -2.65. The van der Waals surface area contributed by atoms with Crippen molar-refractivity contribution in [3.63, 3.8) is 0 Å². The fourth-order valence-electron chi connectivity index (χ4n) is 3.43. The normalized spacial score (nSPS) is 16.4. The van der Waals surface area contributed by atoms with E-state index in [-0.39, 0.29) is 5.92 Å². The van der Waals surface area contributed by atoms with Gasteiger partial charge < -0.3 is 9.32 Å². The fourth-order valence-corrected chi connectivity index (χ4v) is 3.43. The van der Waals surface area contributed by atoms with Gasteiger partial charge in [-0.1, -0.05) is 0 Å². The summed E-state index contributed by atoms with van der Waals surface area (Å²) in [6, 6.07) is 4.19. The molecule has 1 aliphatic rings. The summed E-state index contributed by atoms with van der Waals surface area (Å²) in [7, 11) is 0. The number of hydrogen-bond acceptors (Lipinski definition) is 6. The fraction of sp³-hybridized carbons (Fsp3) is 0.529. The Morgan fingerprint density at radius 2 is 1.85 bits per heavy atom. The predicted octanol–water partition coefficient (Wildman–Crippen LogP) is 3.38. The number of oxazole rings is 1. The molecule has 27 heavy (non-hydrogen) atoms. The van der Waals surface area contributed by atoms with Crippen molar-refractivity contribution >= 4 is 17.2 Å². The molecule has 4 rings (SSSR count). The van der Waals surface area contributed by atoms with Gasteiger partial charge in [0, 0.05) is 24.7 Å². The highest BCUT2D eigenvalue weighted by molar-refractivity contribution is 5.70. The van der Waals surface area contributed by atoms with Crippen molar-refractivity contribution in [2.45, 2.75) is 45.3 Å². The van der Waals surface area contributed by atoms with Crippen molar-refractivity contribution in [2.75, 3.05) is 18.0 Å². The minimum absolute atomic E-state index is 0.0745. The Kier molecular flexibility index (Phi) is 4.27. The minimum atomic E-state index is -4.32. The highest BCUT2D eigenvalue weighted by Gasteiger charge is 2.33. The van der Waals surface area contributed by atoms with Crippen LogP contribution >= 0.6 is 0 Å². The standard InChI is InChI=1S/C17H19F3N6O/c1-10-3-4-13-14(21-10)23-16(27-13)25-7-5-12(6-8-25)15-22-11(2)24-26(15)9-17(18,19)20/h3-4,12H,5-9H2,1-2H3. The van der Waals surface area contributed by atoms with E-state index in [1.807, 2.05) is 24.0 Å². The minimum Gasteiger partial charge on any atom is -0.422 e. The number of rotatable bonds is 3. The number of aryl methyl sites for hydroxylation is 2. The second-order valence-electron chi connectivity index (χ2n) is 6.82. The van der Waals surface area contributed by atoms with E-state index < -0.39 is 12.7 Å². The number of alkyl halides is 3. The SMILES string of the molecule is Cc1ccc2oc(N3CCC(c4nc(C)nn4CC(F)(F)F)CC3)nc2n1. The third kappa shape index (κ3) is 3.74. The van der Waals surface area contributed by atoms with Gasteiger partial charge in [0.15, 0.2) is 5.58 Å². The Bertz CT molecular complexity index is 955. The van der Waals surface area contributed by atoms with Crippen LogP contribution in [0.4, 0.5) is 19.2 Å². The highest BCUT2D eigenvalue weighted by Crippen LogP contribution is 2.31. The first-order valence-electron chi connectivity index (χ1n) is 8.76. The molecule has 3 aromatic rings. The molecule has 10 heteroatoms. The predicted molar refractivity (Wildman–Crippen MR) is 91.5 cm³/mol. The van der Waals surface area contributed by atoms with Gasteiger partial charge in [-0.2, -0.15) is 23.3 Å². The van der Waals surface area contributed by atoms with Gasteiger partial charge in [0.25, 0.3) is 6.01 Å². The van der Waals surface area contributed by atoms with Gasteiger partial charge >= 0.3 is 6.18 Å². The summed E-state index contributed by atoms with van der Waals surface area (Å²) in [5, 5.41) is 3.92. The second-order valence-corrected chi connectivity index (χ2v) is 6.82. The number of anilines is 1. The summed E-state index contributed by atoms with van der Waals surface area (Å²) in [4.78, 5) is 15.0. The third-order valence-electron chi connectivity index (χ3n) is 4.65. The molecule has 0 aromatic carbocycles. The lowest BCUT2D eigenvalue weighted by atomic mass is 9.96. The molecule has 0 atom stereocenters. The summed E-state index contributed by atoms with van der Waals surface area (Å²) in [6.07, 6.45) is -3.01.